The molecule has 1 unspecified atom stereocenters. The van der Waals surface area contributed by atoms with Crippen LogP contribution >= 0.6 is 0 Å². The van der Waals surface area contributed by atoms with Crippen LogP contribution in [0.25, 0.3) is 0 Å². The first-order chi connectivity index (χ1) is 12.2. The Hall–Kier alpha value is -2.62. The van der Waals surface area contributed by atoms with E-state index in [4.69, 9.17) is 5.26 Å². The van der Waals surface area contributed by atoms with Gasteiger partial charge in [-0.3, -0.25) is 14.9 Å². The van der Waals surface area contributed by atoms with Crippen molar-refractivity contribution in [3.05, 3.63) is 33.4 Å². The van der Waals surface area contributed by atoms with E-state index < -0.39 is 4.92 Å². The van der Waals surface area contributed by atoms with Crippen LogP contribution in [0.3, 0.4) is 0 Å². The monoisotopic (exact) mass is 358 g/mol. The Balaban J connectivity index is 2.11. The van der Waals surface area contributed by atoms with Crippen LogP contribution in [-0.2, 0) is 4.79 Å². The van der Waals surface area contributed by atoms with Crippen molar-refractivity contribution >= 4 is 17.3 Å². The highest BCUT2D eigenvalue weighted by molar-refractivity contribution is 5.79. The van der Waals surface area contributed by atoms with Crippen molar-refractivity contribution in [2.24, 2.45) is 11.8 Å². The Kier molecular flexibility index (Phi) is 6.19. The van der Waals surface area contributed by atoms with Crippen molar-refractivity contribution in [3.63, 3.8) is 0 Å². The molecule has 1 aromatic rings. The molecule has 26 heavy (non-hydrogen) atoms. The van der Waals surface area contributed by atoms with Gasteiger partial charge < -0.3 is 10.2 Å². The number of amides is 1. The fourth-order valence-corrected chi connectivity index (χ4v) is 3.16. The van der Waals surface area contributed by atoms with Crippen LogP contribution in [0, 0.1) is 40.2 Å². The van der Waals surface area contributed by atoms with Crippen LogP contribution in [0.5, 0.6) is 0 Å². The van der Waals surface area contributed by atoms with Crippen LogP contribution in [0.4, 0.5) is 11.4 Å². The molecule has 2 rings (SSSR count). The number of piperidine rings is 1. The molecular weight excluding hydrogens is 332 g/mol. The van der Waals surface area contributed by atoms with Gasteiger partial charge in [-0.2, -0.15) is 5.26 Å². The molecule has 1 heterocycles. The summed E-state index contributed by atoms with van der Waals surface area (Å²) in [4.78, 5) is 25.2. The third kappa shape index (κ3) is 4.31. The molecular formula is C19H26N4O3. The number of anilines is 1. The smallest absolute Gasteiger partial charge is 0.275 e. The van der Waals surface area contributed by atoms with Crippen molar-refractivity contribution in [1.82, 2.24) is 5.32 Å². The van der Waals surface area contributed by atoms with E-state index in [1.165, 1.54) is 6.07 Å². The molecule has 1 amide bonds. The van der Waals surface area contributed by atoms with Crippen molar-refractivity contribution < 1.29 is 9.72 Å². The first-order valence-corrected chi connectivity index (χ1v) is 8.99. The molecule has 0 saturated carbocycles. The largest absolute Gasteiger partial charge is 0.371 e. The van der Waals surface area contributed by atoms with Gasteiger partial charge in [-0.25, -0.2) is 0 Å². The predicted molar refractivity (Wildman–Crippen MR) is 99.9 cm³/mol. The van der Waals surface area contributed by atoms with Gasteiger partial charge in [-0.05, 0) is 38.7 Å². The third-order valence-corrected chi connectivity index (χ3v) is 5.26. The standard InChI is InChI=1S/C19H26N4O3/c1-12(2)14(4)21-19(24)16-5-7-22(8-6-16)17-9-15(11-20)10-18(13(17)3)23(25)26/h9-10,12,14,16H,5-8H2,1-4H3,(H,21,24). The fraction of sp³-hybridized carbons (Fsp3) is 0.579. The maximum atomic E-state index is 12.4. The van der Waals surface area contributed by atoms with E-state index in [0.717, 1.165) is 0 Å². The van der Waals surface area contributed by atoms with Crippen molar-refractivity contribution in [1.29, 1.82) is 5.26 Å². The summed E-state index contributed by atoms with van der Waals surface area (Å²) in [5, 5.41) is 23.5. The highest BCUT2D eigenvalue weighted by atomic mass is 16.6. The van der Waals surface area contributed by atoms with Crippen LogP contribution in [0.15, 0.2) is 12.1 Å². The van der Waals surface area contributed by atoms with Gasteiger partial charge in [0.15, 0.2) is 0 Å². The van der Waals surface area contributed by atoms with E-state index in [-0.39, 0.29) is 29.1 Å². The molecule has 1 aliphatic rings. The lowest BCUT2D eigenvalue weighted by Gasteiger charge is -2.34. The maximum absolute atomic E-state index is 12.4. The van der Waals surface area contributed by atoms with Gasteiger partial charge in [0.25, 0.3) is 5.69 Å². The Labute approximate surface area is 154 Å². The normalized spacial score (nSPS) is 16.2. The lowest BCUT2D eigenvalue weighted by molar-refractivity contribution is -0.385. The number of benzene rings is 1. The number of hydrogen-bond acceptors (Lipinski definition) is 5. The molecule has 140 valence electrons. The highest BCUT2D eigenvalue weighted by Gasteiger charge is 2.28. The fourth-order valence-electron chi connectivity index (χ4n) is 3.16. The van der Waals surface area contributed by atoms with Gasteiger partial charge in [-0.1, -0.05) is 13.8 Å². The van der Waals surface area contributed by atoms with Gasteiger partial charge in [0, 0.05) is 36.8 Å². The Morgan fingerprint density at radius 3 is 2.46 bits per heavy atom. The molecule has 7 nitrogen and oxygen atoms in total. The minimum Gasteiger partial charge on any atom is -0.371 e. The summed E-state index contributed by atoms with van der Waals surface area (Å²) < 4.78 is 0. The summed E-state index contributed by atoms with van der Waals surface area (Å²) in [5.74, 6) is 0.428. The SMILES string of the molecule is Cc1c(N2CCC(C(=O)NC(C)C(C)C)CC2)cc(C#N)cc1[N+](=O)[O-]. The molecule has 0 bridgehead atoms. The molecule has 1 atom stereocenters. The van der Waals surface area contributed by atoms with E-state index >= 15 is 0 Å². The van der Waals surface area contributed by atoms with Gasteiger partial charge >= 0.3 is 0 Å². The maximum Gasteiger partial charge on any atom is 0.275 e. The zero-order chi connectivity index (χ0) is 19.4. The number of rotatable bonds is 5. The molecule has 0 spiro atoms. The highest BCUT2D eigenvalue weighted by Crippen LogP contribution is 2.33. The van der Waals surface area contributed by atoms with Crippen LogP contribution in [-0.4, -0.2) is 30.0 Å². The number of nitriles is 1. The van der Waals surface area contributed by atoms with Crippen molar-refractivity contribution in [2.75, 3.05) is 18.0 Å². The molecule has 1 aliphatic heterocycles. The van der Waals surface area contributed by atoms with Gasteiger partial charge in [0.05, 0.1) is 22.1 Å². The second-order valence-electron chi connectivity index (χ2n) is 7.31. The summed E-state index contributed by atoms with van der Waals surface area (Å²) in [6.07, 6.45) is 1.39. The number of nitrogens with one attached hydrogen (secondary N) is 1. The summed E-state index contributed by atoms with van der Waals surface area (Å²) >= 11 is 0. The molecule has 0 radical (unpaired) electrons. The lowest BCUT2D eigenvalue weighted by Crippen LogP contribution is -2.44. The number of nitro groups is 1. The predicted octanol–water partition coefficient (Wildman–Crippen LogP) is 3.15. The zero-order valence-electron chi connectivity index (χ0n) is 15.8. The van der Waals surface area contributed by atoms with Crippen LogP contribution in [0.1, 0.15) is 44.7 Å². The molecule has 1 N–H and O–H groups in total. The summed E-state index contributed by atoms with van der Waals surface area (Å²) in [5.41, 5.74) is 1.52. The summed E-state index contributed by atoms with van der Waals surface area (Å²) in [6.45, 7) is 9.14. The van der Waals surface area contributed by atoms with E-state index in [1.807, 2.05) is 17.9 Å². The van der Waals surface area contributed by atoms with Gasteiger partial charge in [0.1, 0.15) is 0 Å². The van der Waals surface area contributed by atoms with E-state index in [9.17, 15) is 14.9 Å². The second kappa shape index (κ2) is 8.17. The molecule has 0 aromatic heterocycles. The lowest BCUT2D eigenvalue weighted by atomic mass is 9.93. The minimum atomic E-state index is -0.451. The first-order valence-electron chi connectivity index (χ1n) is 8.99. The van der Waals surface area contributed by atoms with E-state index in [1.54, 1.807) is 13.0 Å². The van der Waals surface area contributed by atoms with Crippen molar-refractivity contribution in [2.45, 2.75) is 46.6 Å². The Morgan fingerprint density at radius 1 is 1.35 bits per heavy atom. The van der Waals surface area contributed by atoms with Crippen LogP contribution < -0.4 is 10.2 Å². The Morgan fingerprint density at radius 2 is 1.96 bits per heavy atom. The van der Waals surface area contributed by atoms with Crippen molar-refractivity contribution in [3.8, 4) is 6.07 Å². The molecule has 7 heteroatoms. The first kappa shape index (κ1) is 19.7. The number of hydrogen-bond donors (Lipinski definition) is 1. The molecule has 1 fully saturated rings. The zero-order valence-corrected chi connectivity index (χ0v) is 15.8. The summed E-state index contributed by atoms with van der Waals surface area (Å²) in [6, 6.07) is 5.14. The molecule has 0 aliphatic carbocycles. The second-order valence-corrected chi connectivity index (χ2v) is 7.31. The quantitative estimate of drug-likeness (QED) is 0.644. The topological polar surface area (TPSA) is 99.3 Å². The van der Waals surface area contributed by atoms with Gasteiger partial charge in [-0.15, -0.1) is 0 Å². The van der Waals surface area contributed by atoms with Crippen LogP contribution in [0.2, 0.25) is 0 Å². The van der Waals surface area contributed by atoms with Gasteiger partial charge in [0.2, 0.25) is 5.91 Å². The Bertz CT molecular complexity index is 731. The summed E-state index contributed by atoms with van der Waals surface area (Å²) in [7, 11) is 0. The number of nitro benzene ring substituents is 1. The molecule has 1 aromatic carbocycles. The minimum absolute atomic E-state index is 0.0373. The van der Waals surface area contributed by atoms with E-state index in [0.29, 0.717) is 43.1 Å². The molecule has 1 saturated heterocycles. The number of nitrogens with zero attached hydrogens (tertiary/aromatic N) is 3. The average molecular weight is 358 g/mol. The number of carbonyl (C=O) groups excluding carboxylic acids is 1. The third-order valence-electron chi connectivity index (χ3n) is 5.26. The average Bonchev–Trinajstić information content (AvgIpc) is 2.61. The van der Waals surface area contributed by atoms with E-state index in [2.05, 4.69) is 19.2 Å². The number of carbonyl (C=O) groups is 1.